The fraction of sp³-hybridized carbons (Fsp3) is 0.538. The van der Waals surface area contributed by atoms with Crippen LogP contribution in [0, 0.1) is 0 Å². The molecule has 98 valence electrons. The van der Waals surface area contributed by atoms with Gasteiger partial charge in [-0.2, -0.15) is 0 Å². The van der Waals surface area contributed by atoms with Crippen LogP contribution in [0.1, 0.15) is 23.2 Å². The fourth-order valence-corrected chi connectivity index (χ4v) is 2.17. The second-order valence-electron chi connectivity index (χ2n) is 4.43. The average molecular weight is 249 g/mol. The fourth-order valence-electron chi connectivity index (χ4n) is 2.17. The summed E-state index contributed by atoms with van der Waals surface area (Å²) in [6.07, 6.45) is 3.79. The summed E-state index contributed by atoms with van der Waals surface area (Å²) < 4.78 is 5.32. The predicted molar refractivity (Wildman–Crippen MR) is 69.7 cm³/mol. The highest BCUT2D eigenvalue weighted by atomic mass is 16.5. The zero-order valence-corrected chi connectivity index (χ0v) is 10.8. The van der Waals surface area contributed by atoms with Gasteiger partial charge in [-0.1, -0.05) is 0 Å². The van der Waals surface area contributed by atoms with Crippen LogP contribution in [0.5, 0.6) is 0 Å². The standard InChI is InChI=1S/C13H19N3O2/c1-14-12-6-5-10(8-15-12)13(17)16-7-3-4-11(9-16)18-2/h5-6,8,11H,3-4,7,9H2,1-2H3,(H,14,15). The lowest BCUT2D eigenvalue weighted by atomic mass is 10.1. The Morgan fingerprint density at radius 3 is 3.00 bits per heavy atom. The van der Waals surface area contributed by atoms with Crippen LogP contribution in [-0.2, 0) is 4.74 Å². The van der Waals surface area contributed by atoms with E-state index in [1.807, 2.05) is 11.0 Å². The molecule has 1 N–H and O–H groups in total. The van der Waals surface area contributed by atoms with Gasteiger partial charge in [0.1, 0.15) is 5.82 Å². The van der Waals surface area contributed by atoms with Crippen molar-refractivity contribution in [3.63, 3.8) is 0 Å². The minimum atomic E-state index is 0.0342. The summed E-state index contributed by atoms with van der Waals surface area (Å²) in [7, 11) is 3.50. The van der Waals surface area contributed by atoms with Gasteiger partial charge in [0.25, 0.3) is 5.91 Å². The minimum absolute atomic E-state index is 0.0342. The SMILES string of the molecule is CNc1ccc(C(=O)N2CCCC(OC)C2)cn1. The summed E-state index contributed by atoms with van der Waals surface area (Å²) in [5, 5.41) is 2.93. The van der Waals surface area contributed by atoms with Gasteiger partial charge in [-0.15, -0.1) is 0 Å². The summed E-state index contributed by atoms with van der Waals surface area (Å²) in [4.78, 5) is 18.3. The van der Waals surface area contributed by atoms with E-state index in [9.17, 15) is 4.79 Å². The Morgan fingerprint density at radius 2 is 2.39 bits per heavy atom. The number of methoxy groups -OCH3 is 1. The molecule has 0 aliphatic carbocycles. The average Bonchev–Trinajstić information content (AvgIpc) is 2.46. The number of rotatable bonds is 3. The van der Waals surface area contributed by atoms with Gasteiger partial charge in [0.15, 0.2) is 0 Å². The van der Waals surface area contributed by atoms with Gasteiger partial charge >= 0.3 is 0 Å². The third-order valence-corrected chi connectivity index (χ3v) is 3.27. The number of nitrogens with zero attached hydrogens (tertiary/aromatic N) is 2. The van der Waals surface area contributed by atoms with Gasteiger partial charge in [-0.05, 0) is 25.0 Å². The zero-order valence-electron chi connectivity index (χ0n) is 10.8. The first-order valence-corrected chi connectivity index (χ1v) is 6.20. The van der Waals surface area contributed by atoms with Crippen LogP contribution in [0.15, 0.2) is 18.3 Å². The minimum Gasteiger partial charge on any atom is -0.380 e. The Hall–Kier alpha value is -1.62. The summed E-state index contributed by atoms with van der Waals surface area (Å²) in [6.45, 7) is 1.47. The smallest absolute Gasteiger partial charge is 0.255 e. The molecule has 1 fully saturated rings. The second kappa shape index (κ2) is 5.82. The molecular formula is C13H19N3O2. The van der Waals surface area contributed by atoms with Crippen molar-refractivity contribution in [1.82, 2.24) is 9.88 Å². The van der Waals surface area contributed by atoms with E-state index in [2.05, 4.69) is 10.3 Å². The first-order valence-electron chi connectivity index (χ1n) is 6.20. The molecule has 1 saturated heterocycles. The monoisotopic (exact) mass is 249 g/mol. The Kier molecular flexibility index (Phi) is 4.15. The van der Waals surface area contributed by atoms with Crippen molar-refractivity contribution in [3.05, 3.63) is 23.9 Å². The molecule has 1 aromatic rings. The molecule has 0 radical (unpaired) electrons. The summed E-state index contributed by atoms with van der Waals surface area (Å²) in [5.41, 5.74) is 0.630. The largest absolute Gasteiger partial charge is 0.380 e. The molecule has 1 aliphatic heterocycles. The first-order chi connectivity index (χ1) is 8.74. The first kappa shape index (κ1) is 12.8. The van der Waals surface area contributed by atoms with Gasteiger partial charge in [-0.25, -0.2) is 4.98 Å². The van der Waals surface area contributed by atoms with E-state index in [0.29, 0.717) is 12.1 Å². The Bertz CT molecular complexity index is 405. The number of nitrogens with one attached hydrogen (secondary N) is 1. The van der Waals surface area contributed by atoms with Gasteiger partial charge in [0, 0.05) is 33.4 Å². The summed E-state index contributed by atoms with van der Waals surface area (Å²) >= 11 is 0. The van der Waals surface area contributed by atoms with Gasteiger partial charge in [-0.3, -0.25) is 4.79 Å². The lowest BCUT2D eigenvalue weighted by Crippen LogP contribution is -2.42. The van der Waals surface area contributed by atoms with Crippen molar-refractivity contribution in [2.24, 2.45) is 0 Å². The molecule has 0 bridgehead atoms. The van der Waals surface area contributed by atoms with Crippen LogP contribution in [0.25, 0.3) is 0 Å². The van der Waals surface area contributed by atoms with Gasteiger partial charge in [0.2, 0.25) is 0 Å². The highest BCUT2D eigenvalue weighted by molar-refractivity contribution is 5.94. The Labute approximate surface area is 107 Å². The number of anilines is 1. The number of ether oxygens (including phenoxy) is 1. The van der Waals surface area contributed by atoms with E-state index in [1.165, 1.54) is 0 Å². The van der Waals surface area contributed by atoms with Crippen molar-refractivity contribution in [3.8, 4) is 0 Å². The van der Waals surface area contributed by atoms with Crippen LogP contribution in [0.3, 0.4) is 0 Å². The maximum Gasteiger partial charge on any atom is 0.255 e. The van der Waals surface area contributed by atoms with Gasteiger partial charge < -0.3 is 15.0 Å². The van der Waals surface area contributed by atoms with Crippen molar-refractivity contribution >= 4 is 11.7 Å². The highest BCUT2D eigenvalue weighted by Crippen LogP contribution is 2.15. The number of pyridine rings is 1. The molecule has 0 aromatic carbocycles. The summed E-state index contributed by atoms with van der Waals surface area (Å²) in [6, 6.07) is 3.61. The van der Waals surface area contributed by atoms with E-state index >= 15 is 0 Å². The third kappa shape index (κ3) is 2.79. The number of amides is 1. The normalized spacial score (nSPS) is 19.7. The van der Waals surface area contributed by atoms with E-state index in [1.54, 1.807) is 26.4 Å². The van der Waals surface area contributed by atoms with Crippen LogP contribution in [0.2, 0.25) is 0 Å². The van der Waals surface area contributed by atoms with Crippen LogP contribution in [0.4, 0.5) is 5.82 Å². The van der Waals surface area contributed by atoms with Crippen LogP contribution in [-0.4, -0.2) is 49.1 Å². The number of carbonyl (C=O) groups is 1. The maximum absolute atomic E-state index is 12.3. The second-order valence-corrected chi connectivity index (χ2v) is 4.43. The topological polar surface area (TPSA) is 54.5 Å². The Morgan fingerprint density at radius 1 is 1.56 bits per heavy atom. The molecule has 18 heavy (non-hydrogen) atoms. The van der Waals surface area contributed by atoms with Crippen molar-refractivity contribution in [1.29, 1.82) is 0 Å². The molecule has 2 rings (SSSR count). The number of piperidine rings is 1. The molecule has 5 heteroatoms. The number of likely N-dealkylation sites (tertiary alicyclic amines) is 1. The quantitative estimate of drug-likeness (QED) is 0.879. The summed E-state index contributed by atoms with van der Waals surface area (Å²) in [5.74, 6) is 0.798. The van der Waals surface area contributed by atoms with Crippen molar-refractivity contribution < 1.29 is 9.53 Å². The van der Waals surface area contributed by atoms with Crippen LogP contribution >= 0.6 is 0 Å². The molecule has 1 atom stereocenters. The number of carbonyl (C=O) groups excluding carboxylic acids is 1. The van der Waals surface area contributed by atoms with E-state index in [0.717, 1.165) is 25.2 Å². The molecule has 1 aliphatic rings. The molecule has 1 unspecified atom stereocenters. The molecule has 1 aromatic heterocycles. The van der Waals surface area contributed by atoms with Crippen LogP contribution < -0.4 is 5.32 Å². The third-order valence-electron chi connectivity index (χ3n) is 3.27. The maximum atomic E-state index is 12.3. The Balaban J connectivity index is 2.05. The van der Waals surface area contributed by atoms with Gasteiger partial charge in [0.05, 0.1) is 11.7 Å². The number of aromatic nitrogens is 1. The lowest BCUT2D eigenvalue weighted by Gasteiger charge is -2.31. The van der Waals surface area contributed by atoms with E-state index in [4.69, 9.17) is 4.74 Å². The molecule has 0 spiro atoms. The van der Waals surface area contributed by atoms with E-state index < -0.39 is 0 Å². The van der Waals surface area contributed by atoms with Crippen molar-refractivity contribution in [2.45, 2.75) is 18.9 Å². The van der Waals surface area contributed by atoms with Crippen molar-refractivity contribution in [2.75, 3.05) is 32.6 Å². The van der Waals surface area contributed by atoms with E-state index in [-0.39, 0.29) is 12.0 Å². The molecule has 5 nitrogen and oxygen atoms in total. The molecule has 0 saturated carbocycles. The molecular weight excluding hydrogens is 230 g/mol. The predicted octanol–water partition coefficient (Wildman–Crippen LogP) is 1.37. The molecule has 2 heterocycles. The zero-order chi connectivity index (χ0) is 13.0. The number of hydrogen-bond acceptors (Lipinski definition) is 4. The lowest BCUT2D eigenvalue weighted by molar-refractivity contribution is 0.0268. The number of hydrogen-bond donors (Lipinski definition) is 1. The molecule has 1 amide bonds. The highest BCUT2D eigenvalue weighted by Gasteiger charge is 2.24.